The first kappa shape index (κ1) is 20.0. The van der Waals surface area contributed by atoms with E-state index < -0.39 is 29.3 Å². The zero-order chi connectivity index (χ0) is 21.3. The van der Waals surface area contributed by atoms with Gasteiger partial charge in [-0.1, -0.05) is 0 Å². The summed E-state index contributed by atoms with van der Waals surface area (Å²) in [5.41, 5.74) is 3.25. The Bertz CT molecular complexity index is 1060. The molecule has 0 fully saturated rings. The summed E-state index contributed by atoms with van der Waals surface area (Å²) in [5.74, 6) is -0.860. The van der Waals surface area contributed by atoms with Crippen LogP contribution in [0.1, 0.15) is 46.4 Å². The van der Waals surface area contributed by atoms with Crippen molar-refractivity contribution in [1.29, 1.82) is 0 Å². The van der Waals surface area contributed by atoms with Crippen molar-refractivity contribution in [3.8, 4) is 0 Å². The molecule has 0 spiro atoms. The van der Waals surface area contributed by atoms with E-state index in [-0.39, 0.29) is 0 Å². The second kappa shape index (κ2) is 8.29. The van der Waals surface area contributed by atoms with Gasteiger partial charge in [0.15, 0.2) is 0 Å². The maximum atomic E-state index is 13.3. The second-order valence-corrected chi connectivity index (χ2v) is 12.3. The molecule has 0 N–H and O–H groups in total. The zero-order valence-corrected chi connectivity index (χ0v) is 18.6. The second-order valence-electron chi connectivity index (χ2n) is 7.85. The van der Waals surface area contributed by atoms with Crippen molar-refractivity contribution in [3.63, 3.8) is 0 Å². The fourth-order valence-corrected chi connectivity index (χ4v) is 10.3. The van der Waals surface area contributed by atoms with Crippen LogP contribution in [0.25, 0.3) is 0 Å². The van der Waals surface area contributed by atoms with Crippen LogP contribution in [0.2, 0.25) is 0 Å². The normalized spacial score (nSPS) is 18.5. The van der Waals surface area contributed by atoms with E-state index in [1.807, 2.05) is 36.4 Å². The van der Waals surface area contributed by atoms with Crippen molar-refractivity contribution in [2.24, 2.45) is 0 Å². The van der Waals surface area contributed by atoms with Crippen molar-refractivity contribution in [1.82, 2.24) is 0 Å². The van der Waals surface area contributed by atoms with Gasteiger partial charge in [0.1, 0.15) is 0 Å². The van der Waals surface area contributed by atoms with E-state index in [0.717, 1.165) is 31.7 Å². The van der Waals surface area contributed by atoms with E-state index in [0.29, 0.717) is 24.0 Å². The summed E-state index contributed by atoms with van der Waals surface area (Å²) in [4.78, 5) is 26.5. The molecule has 0 saturated heterocycles. The van der Waals surface area contributed by atoms with Crippen LogP contribution < -0.4 is 0 Å². The van der Waals surface area contributed by atoms with Crippen molar-refractivity contribution >= 4 is 11.9 Å². The van der Waals surface area contributed by atoms with Gasteiger partial charge in [-0.25, -0.2) is 0 Å². The Morgan fingerprint density at radius 3 is 1.48 bits per heavy atom. The van der Waals surface area contributed by atoms with Crippen LogP contribution in [0.15, 0.2) is 104 Å². The minimum absolute atomic E-state index is 0.430. The molecule has 0 radical (unpaired) electrons. The van der Waals surface area contributed by atoms with Crippen LogP contribution in [0.4, 0.5) is 0 Å². The molecule has 0 bridgehead atoms. The third kappa shape index (κ3) is 3.67. The molecule has 0 unspecified atom stereocenters. The molecule has 1 heterocycles. The summed E-state index contributed by atoms with van der Waals surface area (Å²) >= 11 is -4.25. The third-order valence-electron chi connectivity index (χ3n) is 6.01. The topological polar surface area (TPSA) is 52.6 Å². The Morgan fingerprint density at radius 1 is 0.645 bits per heavy atom. The van der Waals surface area contributed by atoms with Crippen molar-refractivity contribution in [3.05, 3.63) is 115 Å². The van der Waals surface area contributed by atoms with Crippen LogP contribution in [-0.4, -0.2) is 11.9 Å². The van der Waals surface area contributed by atoms with Crippen molar-refractivity contribution < 1.29 is 33.6 Å². The summed E-state index contributed by atoms with van der Waals surface area (Å²) < 4.78 is 14.8. The molecule has 154 valence electrons. The van der Waals surface area contributed by atoms with E-state index in [4.69, 9.17) is 6.64 Å². The van der Waals surface area contributed by atoms with Gasteiger partial charge in [-0.15, -0.1) is 0 Å². The van der Waals surface area contributed by atoms with Gasteiger partial charge in [0.05, 0.1) is 0 Å². The Morgan fingerprint density at radius 2 is 1.06 bits per heavy atom. The Labute approximate surface area is 185 Å². The SMILES string of the molecule is O=C([O][Ti]1([O]C(=O)c2ccccc2)[C]2=C(C=CC2)CCC2=[C]1CC=C2)c1ccccc1. The number of allylic oxidation sites excluding steroid dienone is 8. The van der Waals surface area contributed by atoms with Gasteiger partial charge in [0.25, 0.3) is 0 Å². The summed E-state index contributed by atoms with van der Waals surface area (Å²) in [5, 5.41) is 0. The number of carbonyl (C=O) groups excluding carboxylic acids is 2. The molecule has 2 aliphatic carbocycles. The Kier molecular flexibility index (Phi) is 5.35. The molecule has 4 nitrogen and oxygen atoms in total. The first-order valence-electron chi connectivity index (χ1n) is 10.5. The molecule has 31 heavy (non-hydrogen) atoms. The first-order valence-corrected chi connectivity index (χ1v) is 13.4. The standard InChI is InChI=1S/C12H12.2C7H6O2.Ti/c1-2-6-11(5-1)9-10-12-7-3-4-8-12;2*8-7(9)6-4-2-1-3-5-6;/h1,3,5,7H,2,4,9-10H2;2*1-5H,(H,8,9);/q;;;+2/p-2. The molecule has 0 atom stereocenters. The van der Waals surface area contributed by atoms with Crippen LogP contribution in [0.5, 0.6) is 0 Å². The number of hydrogen-bond acceptors (Lipinski definition) is 4. The third-order valence-corrected chi connectivity index (χ3v) is 11.6. The van der Waals surface area contributed by atoms with Gasteiger partial charge in [0, 0.05) is 0 Å². The van der Waals surface area contributed by atoms with Gasteiger partial charge in [-0.05, 0) is 0 Å². The predicted molar refractivity (Wildman–Crippen MR) is 115 cm³/mol. The number of hydrogen-bond donors (Lipinski definition) is 0. The molecule has 5 heteroatoms. The van der Waals surface area contributed by atoms with Gasteiger partial charge in [-0.2, -0.15) is 0 Å². The zero-order valence-electron chi connectivity index (χ0n) is 17.0. The molecular weight excluding hydrogens is 424 g/mol. The first-order chi connectivity index (χ1) is 15.2. The van der Waals surface area contributed by atoms with Gasteiger partial charge in [0.2, 0.25) is 0 Å². The molecule has 1 aliphatic heterocycles. The molecule has 5 rings (SSSR count). The predicted octanol–water partition coefficient (Wildman–Crippen LogP) is 5.91. The minimum atomic E-state index is -4.25. The molecule has 0 amide bonds. The van der Waals surface area contributed by atoms with Crippen LogP contribution >= 0.6 is 0 Å². The van der Waals surface area contributed by atoms with Crippen molar-refractivity contribution in [2.75, 3.05) is 0 Å². The summed E-state index contributed by atoms with van der Waals surface area (Å²) in [6.45, 7) is 0. The van der Waals surface area contributed by atoms with E-state index in [9.17, 15) is 9.59 Å². The molecule has 0 aromatic heterocycles. The average Bonchev–Trinajstić information content (AvgIpc) is 3.46. The van der Waals surface area contributed by atoms with Crippen LogP contribution in [-0.2, 0) is 24.0 Å². The fourth-order valence-electron chi connectivity index (χ4n) is 4.51. The summed E-state index contributed by atoms with van der Waals surface area (Å²) in [6, 6.07) is 17.9. The summed E-state index contributed by atoms with van der Waals surface area (Å²) in [6.07, 6.45) is 11.5. The van der Waals surface area contributed by atoms with E-state index in [1.54, 1.807) is 24.3 Å². The van der Waals surface area contributed by atoms with E-state index in [1.165, 1.54) is 0 Å². The molecule has 3 aliphatic rings. The van der Waals surface area contributed by atoms with Crippen LogP contribution in [0, 0.1) is 0 Å². The Hall–Kier alpha value is -2.95. The Balaban J connectivity index is 1.62. The quantitative estimate of drug-likeness (QED) is 0.549. The molecular formula is C26H22O4Ti. The molecule has 2 aromatic carbocycles. The number of benzene rings is 2. The maximum absolute atomic E-state index is 13.3. The van der Waals surface area contributed by atoms with E-state index >= 15 is 0 Å². The number of carbonyl (C=O) groups is 2. The van der Waals surface area contributed by atoms with Crippen LogP contribution in [0.3, 0.4) is 0 Å². The molecule has 2 aromatic rings. The average molecular weight is 446 g/mol. The van der Waals surface area contributed by atoms with Gasteiger partial charge < -0.3 is 0 Å². The monoisotopic (exact) mass is 446 g/mol. The van der Waals surface area contributed by atoms with E-state index in [2.05, 4.69) is 24.3 Å². The van der Waals surface area contributed by atoms with Gasteiger partial charge >= 0.3 is 186 Å². The van der Waals surface area contributed by atoms with Crippen molar-refractivity contribution in [2.45, 2.75) is 25.7 Å². The fraction of sp³-hybridized carbons (Fsp3) is 0.154. The van der Waals surface area contributed by atoms with Gasteiger partial charge in [-0.3, -0.25) is 0 Å². The molecule has 0 saturated carbocycles. The summed E-state index contributed by atoms with van der Waals surface area (Å²) in [7, 11) is 0. The number of rotatable bonds is 4.